The van der Waals surface area contributed by atoms with Gasteiger partial charge in [0.1, 0.15) is 17.3 Å². The molecule has 2 N–H and O–H groups in total. The maximum atomic E-state index is 12.0. The van der Waals surface area contributed by atoms with E-state index in [0.717, 1.165) is 30.7 Å². The number of hydrogen-bond acceptors (Lipinski definition) is 6. The Hall–Kier alpha value is -2.67. The highest BCUT2D eigenvalue weighted by Crippen LogP contribution is 2.17. The van der Waals surface area contributed by atoms with Crippen LogP contribution in [-0.2, 0) is 6.42 Å². The molecule has 0 aliphatic heterocycles. The van der Waals surface area contributed by atoms with Gasteiger partial charge in [0.05, 0.1) is 19.5 Å². The van der Waals surface area contributed by atoms with Gasteiger partial charge in [-0.2, -0.15) is 0 Å². The van der Waals surface area contributed by atoms with Crippen LogP contribution in [0.15, 0.2) is 36.7 Å². The van der Waals surface area contributed by atoms with Gasteiger partial charge < -0.3 is 20.3 Å². The second kappa shape index (κ2) is 10.4. The number of methoxy groups -OCH3 is 1. The monoisotopic (exact) mass is 357 g/mol. The third-order valence-corrected chi connectivity index (χ3v) is 3.85. The molecule has 0 unspecified atom stereocenters. The summed E-state index contributed by atoms with van der Waals surface area (Å²) in [5.74, 6) is 1.32. The molecule has 1 amide bonds. The summed E-state index contributed by atoms with van der Waals surface area (Å²) in [5.41, 5.74) is 1.45. The zero-order valence-corrected chi connectivity index (χ0v) is 15.7. The van der Waals surface area contributed by atoms with Gasteiger partial charge in [-0.1, -0.05) is 18.2 Å². The van der Waals surface area contributed by atoms with Crippen molar-refractivity contribution in [2.45, 2.75) is 12.8 Å². The van der Waals surface area contributed by atoms with E-state index in [1.807, 2.05) is 38.4 Å². The molecule has 7 nitrogen and oxygen atoms in total. The first kappa shape index (κ1) is 19.7. The summed E-state index contributed by atoms with van der Waals surface area (Å²) in [4.78, 5) is 22.5. The van der Waals surface area contributed by atoms with Crippen molar-refractivity contribution in [1.82, 2.24) is 20.2 Å². The first-order valence-electron chi connectivity index (χ1n) is 8.71. The molecule has 0 saturated carbocycles. The molecule has 0 bridgehead atoms. The molecule has 0 radical (unpaired) electrons. The van der Waals surface area contributed by atoms with Gasteiger partial charge in [0.2, 0.25) is 0 Å². The molecule has 0 saturated heterocycles. The lowest BCUT2D eigenvalue weighted by Gasteiger charge is -2.10. The van der Waals surface area contributed by atoms with E-state index in [1.165, 1.54) is 6.20 Å². The highest BCUT2D eigenvalue weighted by Gasteiger charge is 2.07. The van der Waals surface area contributed by atoms with Gasteiger partial charge >= 0.3 is 0 Å². The number of amides is 1. The number of aromatic nitrogens is 2. The number of ether oxygens (including phenoxy) is 1. The van der Waals surface area contributed by atoms with Crippen molar-refractivity contribution < 1.29 is 9.53 Å². The third kappa shape index (κ3) is 6.33. The number of rotatable bonds is 10. The average Bonchev–Trinajstić information content (AvgIpc) is 2.66. The fourth-order valence-electron chi connectivity index (χ4n) is 2.46. The summed E-state index contributed by atoms with van der Waals surface area (Å²) in [6.07, 6.45) is 4.78. The molecular formula is C19H27N5O2. The molecule has 0 aliphatic carbocycles. The minimum Gasteiger partial charge on any atom is -0.496 e. The highest BCUT2D eigenvalue weighted by molar-refractivity contribution is 5.91. The molecule has 26 heavy (non-hydrogen) atoms. The van der Waals surface area contributed by atoms with Crippen LogP contribution in [0, 0.1) is 0 Å². The number of carbonyl (C=O) groups is 1. The number of anilines is 1. The van der Waals surface area contributed by atoms with Crippen LogP contribution in [-0.4, -0.2) is 61.6 Å². The van der Waals surface area contributed by atoms with Gasteiger partial charge in [-0.25, -0.2) is 9.97 Å². The number of para-hydroxylation sites is 1. The smallest absolute Gasteiger partial charge is 0.271 e. The maximum absolute atomic E-state index is 12.0. The van der Waals surface area contributed by atoms with E-state index < -0.39 is 0 Å². The first-order valence-corrected chi connectivity index (χ1v) is 8.71. The quantitative estimate of drug-likeness (QED) is 0.632. The average molecular weight is 357 g/mol. The second-order valence-corrected chi connectivity index (χ2v) is 6.19. The van der Waals surface area contributed by atoms with Crippen LogP contribution in [0.2, 0.25) is 0 Å². The Balaban J connectivity index is 1.77. The molecule has 140 valence electrons. The lowest BCUT2D eigenvalue weighted by molar-refractivity contribution is 0.0947. The van der Waals surface area contributed by atoms with Gasteiger partial charge in [-0.3, -0.25) is 4.79 Å². The normalized spacial score (nSPS) is 10.6. The lowest BCUT2D eigenvalue weighted by atomic mass is 10.1. The van der Waals surface area contributed by atoms with Gasteiger partial charge in [-0.15, -0.1) is 0 Å². The number of nitrogens with zero attached hydrogens (tertiary/aromatic N) is 3. The van der Waals surface area contributed by atoms with Crippen LogP contribution in [0.3, 0.4) is 0 Å². The fraction of sp³-hybridized carbons (Fsp3) is 0.421. The Morgan fingerprint density at radius 3 is 2.65 bits per heavy atom. The molecule has 2 aromatic rings. The van der Waals surface area contributed by atoms with Crippen molar-refractivity contribution in [2.24, 2.45) is 0 Å². The van der Waals surface area contributed by atoms with E-state index in [-0.39, 0.29) is 5.91 Å². The predicted octanol–water partition coefficient (Wildman–Crippen LogP) is 1.82. The maximum Gasteiger partial charge on any atom is 0.271 e. The number of hydrogen-bond donors (Lipinski definition) is 2. The summed E-state index contributed by atoms with van der Waals surface area (Å²) in [7, 11) is 5.68. The largest absolute Gasteiger partial charge is 0.496 e. The van der Waals surface area contributed by atoms with Crippen molar-refractivity contribution in [3.8, 4) is 5.75 Å². The van der Waals surface area contributed by atoms with Crippen LogP contribution in [0.4, 0.5) is 5.82 Å². The van der Waals surface area contributed by atoms with Crippen molar-refractivity contribution >= 4 is 11.7 Å². The number of benzene rings is 1. The van der Waals surface area contributed by atoms with Crippen LogP contribution >= 0.6 is 0 Å². The number of carbonyl (C=O) groups excluding carboxylic acids is 1. The summed E-state index contributed by atoms with van der Waals surface area (Å²) in [6.45, 7) is 2.25. The van der Waals surface area contributed by atoms with E-state index in [0.29, 0.717) is 24.6 Å². The van der Waals surface area contributed by atoms with Crippen LogP contribution in [0.25, 0.3) is 0 Å². The number of nitrogens with one attached hydrogen (secondary N) is 2. The van der Waals surface area contributed by atoms with Gasteiger partial charge in [0.15, 0.2) is 0 Å². The molecule has 0 atom stereocenters. The minimum atomic E-state index is -0.197. The van der Waals surface area contributed by atoms with Crippen molar-refractivity contribution in [1.29, 1.82) is 0 Å². The van der Waals surface area contributed by atoms with Gasteiger partial charge in [0.25, 0.3) is 5.91 Å². The fourth-order valence-corrected chi connectivity index (χ4v) is 2.46. The van der Waals surface area contributed by atoms with E-state index in [2.05, 4.69) is 25.5 Å². The third-order valence-electron chi connectivity index (χ3n) is 3.85. The molecule has 2 rings (SSSR count). The van der Waals surface area contributed by atoms with Crippen molar-refractivity contribution in [3.63, 3.8) is 0 Å². The van der Waals surface area contributed by atoms with E-state index >= 15 is 0 Å². The molecular weight excluding hydrogens is 330 g/mol. The summed E-state index contributed by atoms with van der Waals surface area (Å²) in [5, 5.41) is 6.06. The molecule has 1 heterocycles. The van der Waals surface area contributed by atoms with Crippen LogP contribution < -0.4 is 15.4 Å². The standard InChI is InChI=1S/C19H27N5O2/c1-24(2)12-6-10-21-19(25)16-13-23-18(14-22-16)20-11-9-15-7-4-5-8-17(15)26-3/h4-5,7-8,13-14H,6,9-12H2,1-3H3,(H,20,23)(H,21,25). The van der Waals surface area contributed by atoms with Crippen LogP contribution in [0.5, 0.6) is 5.75 Å². The van der Waals surface area contributed by atoms with Crippen molar-refractivity contribution in [3.05, 3.63) is 47.9 Å². The Bertz CT molecular complexity index is 689. The van der Waals surface area contributed by atoms with Gasteiger partial charge in [-0.05, 0) is 45.1 Å². The highest BCUT2D eigenvalue weighted by atomic mass is 16.5. The Morgan fingerprint density at radius 1 is 1.15 bits per heavy atom. The van der Waals surface area contributed by atoms with Gasteiger partial charge in [0, 0.05) is 13.1 Å². The molecule has 7 heteroatoms. The first-order chi connectivity index (χ1) is 12.6. The molecule has 0 spiro atoms. The summed E-state index contributed by atoms with van der Waals surface area (Å²) in [6, 6.07) is 7.92. The molecule has 1 aromatic heterocycles. The lowest BCUT2D eigenvalue weighted by Crippen LogP contribution is -2.28. The Morgan fingerprint density at radius 2 is 1.96 bits per heavy atom. The summed E-state index contributed by atoms with van der Waals surface area (Å²) < 4.78 is 5.34. The van der Waals surface area contributed by atoms with Crippen molar-refractivity contribution in [2.75, 3.05) is 46.2 Å². The van der Waals surface area contributed by atoms with Crippen LogP contribution in [0.1, 0.15) is 22.5 Å². The SMILES string of the molecule is COc1ccccc1CCNc1cnc(C(=O)NCCCN(C)C)cn1. The topological polar surface area (TPSA) is 79.4 Å². The van der Waals surface area contributed by atoms with E-state index in [4.69, 9.17) is 4.74 Å². The van der Waals surface area contributed by atoms with E-state index in [1.54, 1.807) is 13.3 Å². The summed E-state index contributed by atoms with van der Waals surface area (Å²) >= 11 is 0. The Kier molecular flexibility index (Phi) is 7.82. The zero-order valence-electron chi connectivity index (χ0n) is 15.7. The van der Waals surface area contributed by atoms with E-state index in [9.17, 15) is 4.79 Å². The Labute approximate surface area is 154 Å². The minimum absolute atomic E-state index is 0.197. The molecule has 1 aromatic carbocycles. The molecule has 0 fully saturated rings. The molecule has 0 aliphatic rings. The second-order valence-electron chi connectivity index (χ2n) is 6.19. The predicted molar refractivity (Wildman–Crippen MR) is 103 cm³/mol. The zero-order chi connectivity index (χ0) is 18.8.